The first-order valence-corrected chi connectivity index (χ1v) is 8.36. The SMILES string of the molecule is CC(C)CC(CN)NC(=O)CCCc1ccc(Br)s1.Cl. The standard InChI is InChI=1S/C14H23BrN2OS.ClH/c1-10(2)8-11(9-16)17-14(18)5-3-4-12-6-7-13(15)19-12;/h6-7,10-11H,3-5,8-9,16H2,1-2H3,(H,17,18);1H. The number of nitrogens with one attached hydrogen (secondary N) is 1. The van der Waals surface area contributed by atoms with Gasteiger partial charge in [-0.25, -0.2) is 0 Å². The first-order valence-electron chi connectivity index (χ1n) is 6.75. The molecule has 0 fully saturated rings. The van der Waals surface area contributed by atoms with E-state index >= 15 is 0 Å². The number of nitrogens with two attached hydrogens (primary N) is 1. The average Bonchev–Trinajstić information content (AvgIpc) is 2.73. The summed E-state index contributed by atoms with van der Waals surface area (Å²) in [5, 5.41) is 3.02. The van der Waals surface area contributed by atoms with Crippen LogP contribution in [0.4, 0.5) is 0 Å². The first kappa shape index (κ1) is 19.9. The lowest BCUT2D eigenvalue weighted by Crippen LogP contribution is -2.40. The Labute approximate surface area is 140 Å². The van der Waals surface area contributed by atoms with Gasteiger partial charge in [0.25, 0.3) is 0 Å². The molecule has 0 radical (unpaired) electrons. The summed E-state index contributed by atoms with van der Waals surface area (Å²) in [5.74, 6) is 0.670. The third-order valence-electron chi connectivity index (χ3n) is 2.86. The van der Waals surface area contributed by atoms with Gasteiger partial charge in [0.05, 0.1) is 3.79 Å². The monoisotopic (exact) mass is 382 g/mol. The molecule has 20 heavy (non-hydrogen) atoms. The number of thiophene rings is 1. The Bertz CT molecular complexity index is 398. The van der Waals surface area contributed by atoms with Crippen LogP contribution in [0, 0.1) is 5.92 Å². The van der Waals surface area contributed by atoms with E-state index in [4.69, 9.17) is 5.73 Å². The van der Waals surface area contributed by atoms with Crippen LogP contribution in [-0.4, -0.2) is 18.5 Å². The summed E-state index contributed by atoms with van der Waals surface area (Å²) in [5.41, 5.74) is 5.67. The Morgan fingerprint density at radius 3 is 2.65 bits per heavy atom. The molecule has 3 nitrogen and oxygen atoms in total. The molecule has 1 aromatic heterocycles. The van der Waals surface area contributed by atoms with Gasteiger partial charge in [0, 0.05) is 23.9 Å². The Kier molecular flexibility index (Phi) is 10.5. The topological polar surface area (TPSA) is 55.1 Å². The maximum absolute atomic E-state index is 11.8. The minimum absolute atomic E-state index is 0. The van der Waals surface area contributed by atoms with Gasteiger partial charge in [-0.3, -0.25) is 4.79 Å². The summed E-state index contributed by atoms with van der Waals surface area (Å²) < 4.78 is 1.15. The van der Waals surface area contributed by atoms with Crippen molar-refractivity contribution in [1.29, 1.82) is 0 Å². The summed E-state index contributed by atoms with van der Waals surface area (Å²) in [6.07, 6.45) is 3.36. The fourth-order valence-electron chi connectivity index (χ4n) is 1.99. The minimum atomic E-state index is 0. The van der Waals surface area contributed by atoms with Crippen LogP contribution >= 0.6 is 39.7 Å². The molecule has 0 aliphatic carbocycles. The number of carbonyl (C=O) groups is 1. The van der Waals surface area contributed by atoms with Crippen molar-refractivity contribution in [3.05, 3.63) is 20.8 Å². The quantitative estimate of drug-likeness (QED) is 0.718. The van der Waals surface area contributed by atoms with Crippen LogP contribution in [0.25, 0.3) is 0 Å². The number of hydrogen-bond acceptors (Lipinski definition) is 3. The van der Waals surface area contributed by atoms with E-state index in [-0.39, 0.29) is 24.4 Å². The minimum Gasteiger partial charge on any atom is -0.352 e. The fourth-order valence-corrected chi connectivity index (χ4v) is 3.52. The van der Waals surface area contributed by atoms with Crippen LogP contribution in [-0.2, 0) is 11.2 Å². The van der Waals surface area contributed by atoms with Gasteiger partial charge in [0.2, 0.25) is 5.91 Å². The van der Waals surface area contributed by atoms with Gasteiger partial charge in [-0.2, -0.15) is 0 Å². The molecule has 3 N–H and O–H groups in total. The normalized spacial score (nSPS) is 12.1. The highest BCUT2D eigenvalue weighted by molar-refractivity contribution is 9.11. The van der Waals surface area contributed by atoms with Gasteiger partial charge < -0.3 is 11.1 Å². The molecule has 1 atom stereocenters. The maximum Gasteiger partial charge on any atom is 0.220 e. The van der Waals surface area contributed by atoms with Gasteiger partial charge in [-0.15, -0.1) is 23.7 Å². The Morgan fingerprint density at radius 2 is 2.15 bits per heavy atom. The number of amides is 1. The summed E-state index contributed by atoms with van der Waals surface area (Å²) in [4.78, 5) is 13.1. The number of carbonyl (C=O) groups excluding carboxylic acids is 1. The Balaban J connectivity index is 0.00000361. The number of halogens is 2. The lowest BCUT2D eigenvalue weighted by atomic mass is 10.0. The van der Waals surface area contributed by atoms with E-state index in [0.29, 0.717) is 18.9 Å². The summed E-state index contributed by atoms with van der Waals surface area (Å²) >= 11 is 5.17. The molecule has 1 heterocycles. The number of hydrogen-bond donors (Lipinski definition) is 2. The van der Waals surface area contributed by atoms with Crippen LogP contribution in [0.2, 0.25) is 0 Å². The van der Waals surface area contributed by atoms with E-state index < -0.39 is 0 Å². The lowest BCUT2D eigenvalue weighted by molar-refractivity contribution is -0.121. The molecule has 0 spiro atoms. The van der Waals surface area contributed by atoms with E-state index in [1.54, 1.807) is 11.3 Å². The molecular formula is C14H24BrClN2OS. The van der Waals surface area contributed by atoms with Crippen LogP contribution in [0.1, 0.15) is 38.0 Å². The smallest absolute Gasteiger partial charge is 0.220 e. The van der Waals surface area contributed by atoms with E-state index in [1.807, 2.05) is 6.07 Å². The molecule has 1 unspecified atom stereocenters. The molecule has 0 aliphatic heterocycles. The number of rotatable bonds is 8. The molecule has 1 aromatic rings. The molecule has 116 valence electrons. The third-order valence-corrected chi connectivity index (χ3v) is 4.54. The summed E-state index contributed by atoms with van der Waals surface area (Å²) in [6.45, 7) is 4.80. The van der Waals surface area contributed by atoms with Gasteiger partial charge in [0.15, 0.2) is 0 Å². The fraction of sp³-hybridized carbons (Fsp3) is 0.643. The third kappa shape index (κ3) is 8.25. The van der Waals surface area contributed by atoms with Gasteiger partial charge in [-0.1, -0.05) is 13.8 Å². The van der Waals surface area contributed by atoms with E-state index in [2.05, 4.69) is 41.2 Å². The van der Waals surface area contributed by atoms with E-state index in [9.17, 15) is 4.79 Å². The summed E-state index contributed by atoms with van der Waals surface area (Å²) in [7, 11) is 0. The largest absolute Gasteiger partial charge is 0.352 e. The predicted molar refractivity (Wildman–Crippen MR) is 92.6 cm³/mol. The van der Waals surface area contributed by atoms with Crippen LogP contribution < -0.4 is 11.1 Å². The highest BCUT2D eigenvalue weighted by atomic mass is 79.9. The molecule has 6 heteroatoms. The van der Waals surface area contributed by atoms with Crippen molar-refractivity contribution in [3.8, 4) is 0 Å². The summed E-state index contributed by atoms with van der Waals surface area (Å²) in [6, 6.07) is 4.27. The average molecular weight is 384 g/mol. The molecular weight excluding hydrogens is 360 g/mol. The molecule has 0 saturated heterocycles. The van der Waals surface area contributed by atoms with Crippen molar-refractivity contribution in [1.82, 2.24) is 5.32 Å². The molecule has 1 amide bonds. The van der Waals surface area contributed by atoms with E-state index in [1.165, 1.54) is 4.88 Å². The number of aryl methyl sites for hydroxylation is 1. The molecule has 0 bridgehead atoms. The first-order chi connectivity index (χ1) is 9.01. The zero-order valence-corrected chi connectivity index (χ0v) is 15.2. The molecule has 0 aromatic carbocycles. The van der Waals surface area contributed by atoms with Crippen molar-refractivity contribution in [2.24, 2.45) is 11.7 Å². The maximum atomic E-state index is 11.8. The van der Waals surface area contributed by atoms with Crippen LogP contribution in [0.3, 0.4) is 0 Å². The zero-order chi connectivity index (χ0) is 14.3. The second-order valence-electron chi connectivity index (χ2n) is 5.19. The Morgan fingerprint density at radius 1 is 1.45 bits per heavy atom. The van der Waals surface area contributed by atoms with Crippen molar-refractivity contribution < 1.29 is 4.79 Å². The molecule has 1 rings (SSSR count). The zero-order valence-electron chi connectivity index (χ0n) is 12.0. The van der Waals surface area contributed by atoms with Crippen molar-refractivity contribution in [3.63, 3.8) is 0 Å². The van der Waals surface area contributed by atoms with Crippen molar-refractivity contribution in [2.45, 2.75) is 45.6 Å². The highest BCUT2D eigenvalue weighted by Gasteiger charge is 2.12. The lowest BCUT2D eigenvalue weighted by Gasteiger charge is -2.18. The highest BCUT2D eigenvalue weighted by Crippen LogP contribution is 2.23. The molecule has 0 saturated carbocycles. The second kappa shape index (κ2) is 10.6. The molecule has 0 aliphatic rings. The van der Waals surface area contributed by atoms with E-state index in [0.717, 1.165) is 23.0 Å². The van der Waals surface area contributed by atoms with Gasteiger partial charge >= 0.3 is 0 Å². The Hall–Kier alpha value is -0.100. The van der Waals surface area contributed by atoms with Crippen molar-refractivity contribution >= 4 is 45.6 Å². The van der Waals surface area contributed by atoms with Crippen molar-refractivity contribution in [2.75, 3.05) is 6.54 Å². The van der Waals surface area contributed by atoms with Gasteiger partial charge in [0.1, 0.15) is 0 Å². The van der Waals surface area contributed by atoms with Crippen LogP contribution in [0.5, 0.6) is 0 Å². The second-order valence-corrected chi connectivity index (χ2v) is 7.74. The van der Waals surface area contributed by atoms with Crippen LogP contribution in [0.15, 0.2) is 15.9 Å². The predicted octanol–water partition coefficient (Wildman–Crippen LogP) is 3.74. The van der Waals surface area contributed by atoms with Gasteiger partial charge in [-0.05, 0) is 53.2 Å².